The summed E-state index contributed by atoms with van der Waals surface area (Å²) in [6, 6.07) is 8.90. The highest BCUT2D eigenvalue weighted by Gasteiger charge is 2.14. The number of halogens is 1. The average Bonchev–Trinajstić information content (AvgIpc) is 2.82. The van der Waals surface area contributed by atoms with Crippen LogP contribution in [-0.4, -0.2) is 16.8 Å². The first kappa shape index (κ1) is 12.8. The fraction of sp³-hybridized carbons (Fsp3) is 0.357. The van der Waals surface area contributed by atoms with Gasteiger partial charge in [0.1, 0.15) is 5.82 Å². The van der Waals surface area contributed by atoms with E-state index in [4.69, 9.17) is 0 Å². The van der Waals surface area contributed by atoms with E-state index in [1.807, 2.05) is 37.7 Å². The van der Waals surface area contributed by atoms with Gasteiger partial charge in [0.15, 0.2) is 0 Å². The first-order valence-corrected chi connectivity index (χ1v) is 6.17. The molecule has 2 rings (SSSR count). The molecule has 0 aliphatic carbocycles. The molecule has 1 heterocycles. The Morgan fingerprint density at radius 1 is 1.39 bits per heavy atom. The van der Waals surface area contributed by atoms with Crippen LogP contribution in [0.4, 0.5) is 4.39 Å². The van der Waals surface area contributed by atoms with E-state index in [0.717, 1.165) is 17.9 Å². The van der Waals surface area contributed by atoms with E-state index in [1.165, 1.54) is 6.07 Å². The Labute approximate surface area is 107 Å². The van der Waals surface area contributed by atoms with E-state index in [0.29, 0.717) is 5.56 Å². The van der Waals surface area contributed by atoms with Gasteiger partial charge >= 0.3 is 0 Å². The second kappa shape index (κ2) is 5.31. The molecule has 1 aromatic carbocycles. The summed E-state index contributed by atoms with van der Waals surface area (Å²) in [5.74, 6) is -0.212. The number of nitrogens with one attached hydrogen (secondary N) is 1. The van der Waals surface area contributed by atoms with Crippen LogP contribution in [0.3, 0.4) is 0 Å². The molecule has 1 unspecified atom stereocenters. The Morgan fingerprint density at radius 3 is 2.72 bits per heavy atom. The number of hydrogen-bond donors (Lipinski definition) is 1. The van der Waals surface area contributed by atoms with E-state index >= 15 is 0 Å². The Bertz CT molecular complexity index is 534. The van der Waals surface area contributed by atoms with E-state index < -0.39 is 0 Å². The van der Waals surface area contributed by atoms with Crippen LogP contribution in [-0.2, 0) is 6.54 Å². The topological polar surface area (TPSA) is 29.9 Å². The van der Waals surface area contributed by atoms with Gasteiger partial charge in [0.25, 0.3) is 0 Å². The third-order valence-electron chi connectivity index (χ3n) is 3.12. The molecule has 1 aromatic heterocycles. The lowest BCUT2D eigenvalue weighted by atomic mass is 10.1. The van der Waals surface area contributed by atoms with Gasteiger partial charge in [-0.1, -0.05) is 12.1 Å². The minimum absolute atomic E-state index is 0.156. The zero-order valence-corrected chi connectivity index (χ0v) is 10.9. The van der Waals surface area contributed by atoms with Crippen molar-refractivity contribution in [1.29, 1.82) is 0 Å². The summed E-state index contributed by atoms with van der Waals surface area (Å²) in [6.07, 6.45) is 0. The third kappa shape index (κ3) is 2.29. The van der Waals surface area contributed by atoms with Crippen molar-refractivity contribution in [3.8, 4) is 11.3 Å². The molecule has 0 fully saturated rings. The van der Waals surface area contributed by atoms with Crippen molar-refractivity contribution in [3.05, 3.63) is 41.8 Å². The van der Waals surface area contributed by atoms with Gasteiger partial charge in [-0.2, -0.15) is 5.10 Å². The Hall–Kier alpha value is -1.68. The van der Waals surface area contributed by atoms with Crippen molar-refractivity contribution < 1.29 is 4.39 Å². The smallest absolute Gasteiger partial charge is 0.132 e. The van der Waals surface area contributed by atoms with Crippen LogP contribution in [0.25, 0.3) is 11.3 Å². The Balaban J connectivity index is 2.50. The number of hydrogen-bond acceptors (Lipinski definition) is 2. The largest absolute Gasteiger partial charge is 0.312 e. The molecule has 0 spiro atoms. The molecule has 0 radical (unpaired) electrons. The third-order valence-corrected chi connectivity index (χ3v) is 3.12. The lowest BCUT2D eigenvalue weighted by Crippen LogP contribution is -2.13. The molecule has 2 aromatic rings. The van der Waals surface area contributed by atoms with Crippen molar-refractivity contribution in [1.82, 2.24) is 15.1 Å². The van der Waals surface area contributed by atoms with Crippen molar-refractivity contribution in [2.45, 2.75) is 26.4 Å². The van der Waals surface area contributed by atoms with Gasteiger partial charge in [-0.25, -0.2) is 4.39 Å². The van der Waals surface area contributed by atoms with Crippen LogP contribution in [0, 0.1) is 5.82 Å². The molecular formula is C14H18FN3. The molecule has 0 saturated heterocycles. The lowest BCUT2D eigenvalue weighted by Gasteiger charge is -2.05. The molecule has 4 heteroatoms. The molecule has 0 amide bonds. The summed E-state index contributed by atoms with van der Waals surface area (Å²) in [5.41, 5.74) is 2.35. The van der Waals surface area contributed by atoms with Gasteiger partial charge in [0.2, 0.25) is 0 Å². The quantitative estimate of drug-likeness (QED) is 0.900. The number of nitrogens with zero attached hydrogens (tertiary/aromatic N) is 2. The number of aromatic nitrogens is 2. The highest BCUT2D eigenvalue weighted by molar-refractivity contribution is 5.61. The normalized spacial score (nSPS) is 12.7. The van der Waals surface area contributed by atoms with Gasteiger partial charge < -0.3 is 5.32 Å². The van der Waals surface area contributed by atoms with Gasteiger partial charge in [-0.15, -0.1) is 0 Å². The Kier molecular flexibility index (Phi) is 3.77. The molecule has 18 heavy (non-hydrogen) atoms. The fourth-order valence-corrected chi connectivity index (χ4v) is 1.92. The van der Waals surface area contributed by atoms with Gasteiger partial charge in [0.05, 0.1) is 11.4 Å². The second-order valence-corrected chi connectivity index (χ2v) is 4.26. The maximum Gasteiger partial charge on any atom is 0.132 e. The van der Waals surface area contributed by atoms with Crippen molar-refractivity contribution in [3.63, 3.8) is 0 Å². The zero-order valence-electron chi connectivity index (χ0n) is 10.9. The molecule has 1 N–H and O–H groups in total. The minimum Gasteiger partial charge on any atom is -0.312 e. The SMILES string of the molecule is CCn1nc(C(C)NC)cc1-c1ccccc1F. The van der Waals surface area contributed by atoms with E-state index in [1.54, 1.807) is 12.1 Å². The summed E-state index contributed by atoms with van der Waals surface area (Å²) in [7, 11) is 1.89. The predicted octanol–water partition coefficient (Wildman–Crippen LogP) is 2.99. The zero-order chi connectivity index (χ0) is 13.1. The summed E-state index contributed by atoms with van der Waals surface area (Å²) in [6.45, 7) is 4.76. The standard InChI is InChI=1S/C14H18FN3/c1-4-18-14(9-13(17-18)10(2)16-3)11-7-5-6-8-12(11)15/h5-10,16H,4H2,1-3H3. The van der Waals surface area contributed by atoms with Crippen LogP contribution in [0.1, 0.15) is 25.6 Å². The molecule has 1 atom stereocenters. The second-order valence-electron chi connectivity index (χ2n) is 4.26. The van der Waals surface area contributed by atoms with E-state index in [-0.39, 0.29) is 11.9 Å². The van der Waals surface area contributed by atoms with Crippen LogP contribution in [0.15, 0.2) is 30.3 Å². The van der Waals surface area contributed by atoms with Crippen molar-refractivity contribution >= 4 is 0 Å². The summed E-state index contributed by atoms with van der Waals surface area (Å²) in [5, 5.41) is 7.65. The highest BCUT2D eigenvalue weighted by atomic mass is 19.1. The van der Waals surface area contributed by atoms with Crippen LogP contribution in [0.5, 0.6) is 0 Å². The maximum absolute atomic E-state index is 13.8. The maximum atomic E-state index is 13.8. The first-order chi connectivity index (χ1) is 8.67. The molecular weight excluding hydrogens is 229 g/mol. The fourth-order valence-electron chi connectivity index (χ4n) is 1.92. The summed E-state index contributed by atoms with van der Waals surface area (Å²) < 4.78 is 15.7. The molecule has 0 saturated carbocycles. The molecule has 96 valence electrons. The molecule has 0 aliphatic rings. The van der Waals surface area contributed by atoms with Crippen LogP contribution < -0.4 is 5.32 Å². The number of aryl methyl sites for hydroxylation is 1. The van der Waals surface area contributed by atoms with Crippen molar-refractivity contribution in [2.24, 2.45) is 0 Å². The molecule has 0 aliphatic heterocycles. The first-order valence-electron chi connectivity index (χ1n) is 6.17. The van der Waals surface area contributed by atoms with Crippen LogP contribution >= 0.6 is 0 Å². The van der Waals surface area contributed by atoms with E-state index in [9.17, 15) is 4.39 Å². The summed E-state index contributed by atoms with van der Waals surface area (Å²) in [4.78, 5) is 0. The molecule has 0 bridgehead atoms. The van der Waals surface area contributed by atoms with Crippen LogP contribution in [0.2, 0.25) is 0 Å². The van der Waals surface area contributed by atoms with Gasteiger partial charge in [-0.3, -0.25) is 4.68 Å². The van der Waals surface area contributed by atoms with Gasteiger partial charge in [-0.05, 0) is 39.1 Å². The highest BCUT2D eigenvalue weighted by Crippen LogP contribution is 2.25. The Morgan fingerprint density at radius 2 is 2.11 bits per heavy atom. The number of benzene rings is 1. The lowest BCUT2D eigenvalue weighted by molar-refractivity contribution is 0.588. The van der Waals surface area contributed by atoms with Crippen molar-refractivity contribution in [2.75, 3.05) is 7.05 Å². The number of rotatable bonds is 4. The molecule has 3 nitrogen and oxygen atoms in total. The summed E-state index contributed by atoms with van der Waals surface area (Å²) >= 11 is 0. The minimum atomic E-state index is -0.212. The predicted molar refractivity (Wildman–Crippen MR) is 70.8 cm³/mol. The average molecular weight is 247 g/mol. The monoisotopic (exact) mass is 247 g/mol. The van der Waals surface area contributed by atoms with Gasteiger partial charge in [0, 0.05) is 18.2 Å². The van der Waals surface area contributed by atoms with E-state index in [2.05, 4.69) is 10.4 Å².